The van der Waals surface area contributed by atoms with Gasteiger partial charge in [-0.25, -0.2) is 4.99 Å². The monoisotopic (exact) mass is 528 g/mol. The Hall–Kier alpha value is -2.07. The summed E-state index contributed by atoms with van der Waals surface area (Å²) >= 11 is 5.94. The summed E-state index contributed by atoms with van der Waals surface area (Å²) in [6.45, 7) is 3.60. The highest BCUT2D eigenvalue weighted by molar-refractivity contribution is 14.0. The smallest absolute Gasteiger partial charge is 0.244 e. The van der Waals surface area contributed by atoms with Crippen LogP contribution in [0.2, 0.25) is 5.02 Å². The average Bonchev–Trinajstić information content (AvgIpc) is 2.73. The first-order chi connectivity index (χ1) is 13.6. The largest absolute Gasteiger partial charge is 0.370 e. The van der Waals surface area contributed by atoms with E-state index in [-0.39, 0.29) is 42.4 Å². The number of rotatable bonds is 6. The maximum atomic E-state index is 12.4. The summed E-state index contributed by atoms with van der Waals surface area (Å²) in [6.07, 6.45) is 2.51. The molecule has 0 atom stereocenters. The molecule has 0 spiro atoms. The molecular weight excluding hydrogens is 503 g/mol. The van der Waals surface area contributed by atoms with Crippen molar-refractivity contribution in [3.8, 4) is 0 Å². The normalized spacial score (nSPS) is 14.3. The number of guanidine groups is 1. The zero-order valence-corrected chi connectivity index (χ0v) is 19.2. The van der Waals surface area contributed by atoms with E-state index >= 15 is 0 Å². The number of benzene rings is 1. The lowest BCUT2D eigenvalue weighted by Gasteiger charge is -2.36. The van der Waals surface area contributed by atoms with Crippen LogP contribution in [-0.4, -0.2) is 61.0 Å². The third-order valence-corrected chi connectivity index (χ3v) is 4.87. The molecule has 1 saturated heterocycles. The van der Waals surface area contributed by atoms with Gasteiger partial charge in [-0.2, -0.15) is 0 Å². The van der Waals surface area contributed by atoms with Gasteiger partial charge in [-0.3, -0.25) is 9.78 Å². The van der Waals surface area contributed by atoms with Crippen molar-refractivity contribution >= 4 is 53.1 Å². The van der Waals surface area contributed by atoms with E-state index in [1.54, 1.807) is 6.20 Å². The number of nitrogens with zero attached hydrogens (tertiary/aromatic N) is 4. The van der Waals surface area contributed by atoms with E-state index in [1.807, 2.05) is 47.4 Å². The molecule has 1 fully saturated rings. The van der Waals surface area contributed by atoms with Gasteiger partial charge in [0.15, 0.2) is 5.96 Å². The van der Waals surface area contributed by atoms with Gasteiger partial charge >= 0.3 is 0 Å². The number of amides is 1. The minimum absolute atomic E-state index is 0. The van der Waals surface area contributed by atoms with Crippen molar-refractivity contribution in [1.82, 2.24) is 15.2 Å². The maximum Gasteiger partial charge on any atom is 0.244 e. The Morgan fingerprint density at radius 1 is 1.14 bits per heavy atom. The van der Waals surface area contributed by atoms with Crippen LogP contribution in [0.25, 0.3) is 0 Å². The van der Waals surface area contributed by atoms with Crippen LogP contribution in [0.15, 0.2) is 53.7 Å². The first-order valence-electron chi connectivity index (χ1n) is 9.34. The number of nitrogens with one attached hydrogen (secondary N) is 1. The van der Waals surface area contributed by atoms with Gasteiger partial charge in [-0.1, -0.05) is 17.7 Å². The second kappa shape index (κ2) is 11.8. The number of hydrogen-bond acceptors (Lipinski definition) is 4. The lowest BCUT2D eigenvalue weighted by atomic mass is 10.2. The van der Waals surface area contributed by atoms with Crippen LogP contribution in [0.1, 0.15) is 5.69 Å². The van der Waals surface area contributed by atoms with Crippen LogP contribution >= 0.6 is 35.6 Å². The molecule has 1 aliphatic heterocycles. The molecule has 1 aromatic heterocycles. The minimum atomic E-state index is -0.00904. The van der Waals surface area contributed by atoms with Crippen molar-refractivity contribution < 1.29 is 4.79 Å². The van der Waals surface area contributed by atoms with Crippen molar-refractivity contribution in [1.29, 1.82) is 0 Å². The fourth-order valence-electron chi connectivity index (χ4n) is 3.04. The lowest BCUT2D eigenvalue weighted by Crippen LogP contribution is -2.49. The first-order valence-corrected chi connectivity index (χ1v) is 9.71. The van der Waals surface area contributed by atoms with Crippen LogP contribution in [0, 0.1) is 0 Å². The summed E-state index contributed by atoms with van der Waals surface area (Å²) in [7, 11) is 0. The molecule has 0 radical (unpaired) electrons. The molecule has 0 bridgehead atoms. The molecular formula is C20H26ClIN6O. The van der Waals surface area contributed by atoms with E-state index in [1.165, 1.54) is 0 Å². The summed E-state index contributed by atoms with van der Waals surface area (Å²) in [5, 5.41) is 3.74. The highest BCUT2D eigenvalue weighted by Gasteiger charge is 2.20. The summed E-state index contributed by atoms with van der Waals surface area (Å²) in [5.41, 5.74) is 7.96. The van der Waals surface area contributed by atoms with Crippen molar-refractivity contribution in [2.45, 2.75) is 6.42 Å². The van der Waals surface area contributed by atoms with Crippen LogP contribution in [0.4, 0.5) is 5.69 Å². The Labute approximate surface area is 193 Å². The predicted octanol–water partition coefficient (Wildman–Crippen LogP) is 2.15. The Bertz CT molecular complexity index is 794. The number of halogens is 2. The van der Waals surface area contributed by atoms with Gasteiger partial charge in [0, 0.05) is 61.7 Å². The molecule has 0 unspecified atom stereocenters. The highest BCUT2D eigenvalue weighted by Crippen LogP contribution is 2.19. The summed E-state index contributed by atoms with van der Waals surface area (Å²) in [5.74, 6) is 0.273. The molecule has 2 heterocycles. The van der Waals surface area contributed by atoms with Crippen LogP contribution in [0.5, 0.6) is 0 Å². The quantitative estimate of drug-likeness (QED) is 0.341. The Morgan fingerprint density at radius 2 is 1.86 bits per heavy atom. The number of anilines is 1. The fraction of sp³-hybridized carbons (Fsp3) is 0.350. The fourth-order valence-corrected chi connectivity index (χ4v) is 3.17. The molecule has 0 saturated carbocycles. The highest BCUT2D eigenvalue weighted by atomic mass is 127. The molecule has 1 amide bonds. The summed E-state index contributed by atoms with van der Waals surface area (Å²) in [6, 6.07) is 13.6. The van der Waals surface area contributed by atoms with Gasteiger partial charge in [0.2, 0.25) is 5.91 Å². The van der Waals surface area contributed by atoms with Gasteiger partial charge in [-0.05, 0) is 36.4 Å². The zero-order valence-electron chi connectivity index (χ0n) is 16.1. The van der Waals surface area contributed by atoms with Gasteiger partial charge in [-0.15, -0.1) is 24.0 Å². The molecule has 1 aromatic carbocycles. The second-order valence-corrected chi connectivity index (χ2v) is 6.98. The summed E-state index contributed by atoms with van der Waals surface area (Å²) in [4.78, 5) is 24.9. The van der Waals surface area contributed by atoms with Crippen LogP contribution < -0.4 is 16.0 Å². The molecule has 0 aliphatic carbocycles. The third kappa shape index (κ3) is 7.36. The number of nitrogens with two attached hydrogens (primary N) is 1. The van der Waals surface area contributed by atoms with Gasteiger partial charge in [0.05, 0.1) is 0 Å². The van der Waals surface area contributed by atoms with Crippen LogP contribution in [-0.2, 0) is 11.2 Å². The standard InChI is InChI=1S/C20H25ClN6O.HI/c21-16-4-6-18(7-5-16)26-11-13-27(14-12-26)19(28)15-25-20(22)24-10-8-17-3-1-2-9-23-17;/h1-7,9H,8,10-15H2,(H3,22,24,25);1H. The van der Waals surface area contributed by atoms with Gasteiger partial charge in [0.1, 0.15) is 6.54 Å². The maximum absolute atomic E-state index is 12.4. The van der Waals surface area contributed by atoms with E-state index < -0.39 is 0 Å². The SMILES string of the molecule is I.NC(=NCC(=O)N1CCN(c2ccc(Cl)cc2)CC1)NCCc1ccccn1. The molecule has 7 nitrogen and oxygen atoms in total. The molecule has 156 valence electrons. The number of hydrogen-bond donors (Lipinski definition) is 2. The molecule has 1 aliphatic rings. The number of piperazine rings is 1. The third-order valence-electron chi connectivity index (χ3n) is 4.62. The average molecular weight is 529 g/mol. The van der Waals surface area contributed by atoms with Crippen molar-refractivity contribution in [3.63, 3.8) is 0 Å². The number of aromatic nitrogens is 1. The Morgan fingerprint density at radius 3 is 2.52 bits per heavy atom. The topological polar surface area (TPSA) is 86.8 Å². The van der Waals surface area contributed by atoms with E-state index in [2.05, 4.69) is 20.2 Å². The molecule has 3 rings (SSSR count). The van der Waals surface area contributed by atoms with E-state index in [0.29, 0.717) is 19.6 Å². The molecule has 29 heavy (non-hydrogen) atoms. The van der Waals surface area contributed by atoms with Crippen molar-refractivity contribution in [2.24, 2.45) is 10.7 Å². The predicted molar refractivity (Wildman–Crippen MR) is 128 cm³/mol. The number of aliphatic imine (C=N–C) groups is 1. The number of carbonyl (C=O) groups is 1. The van der Waals surface area contributed by atoms with E-state index in [0.717, 1.165) is 35.9 Å². The minimum Gasteiger partial charge on any atom is -0.370 e. The molecule has 2 aromatic rings. The van der Waals surface area contributed by atoms with Crippen molar-refractivity contribution in [2.75, 3.05) is 44.2 Å². The van der Waals surface area contributed by atoms with Gasteiger partial charge < -0.3 is 20.9 Å². The first kappa shape index (κ1) is 23.2. The Balaban J connectivity index is 0.00000300. The second-order valence-electron chi connectivity index (χ2n) is 6.54. The van der Waals surface area contributed by atoms with Gasteiger partial charge in [0.25, 0.3) is 0 Å². The van der Waals surface area contributed by atoms with E-state index in [4.69, 9.17) is 17.3 Å². The zero-order chi connectivity index (χ0) is 19.8. The number of carbonyl (C=O) groups excluding carboxylic acids is 1. The number of pyridine rings is 1. The molecule has 9 heteroatoms. The van der Waals surface area contributed by atoms with Crippen LogP contribution in [0.3, 0.4) is 0 Å². The molecule has 3 N–H and O–H groups in total. The lowest BCUT2D eigenvalue weighted by molar-refractivity contribution is -0.129. The Kier molecular flexibility index (Phi) is 9.46. The summed E-state index contributed by atoms with van der Waals surface area (Å²) < 4.78 is 0. The van der Waals surface area contributed by atoms with Crippen molar-refractivity contribution in [3.05, 3.63) is 59.4 Å². The van der Waals surface area contributed by atoms with E-state index in [9.17, 15) is 4.79 Å².